The average molecular weight is 306 g/mol. The molecule has 1 fully saturated rings. The van der Waals surface area contributed by atoms with Gasteiger partial charge in [0.15, 0.2) is 11.5 Å². The normalized spacial score (nSPS) is 18.1. The number of hydrogen-bond donors (Lipinski definition) is 1. The van der Waals surface area contributed by atoms with Crippen LogP contribution in [0.2, 0.25) is 0 Å². The van der Waals surface area contributed by atoms with Gasteiger partial charge in [-0.05, 0) is 32.4 Å². The molecule has 5 heteroatoms. The van der Waals surface area contributed by atoms with Crippen molar-refractivity contribution in [2.75, 3.05) is 32.8 Å². The minimum Gasteiger partial charge on any atom is -0.490 e. The van der Waals surface area contributed by atoms with Crippen molar-refractivity contribution in [2.45, 2.75) is 32.7 Å². The molecular weight excluding hydrogens is 280 g/mol. The number of nitrogens with zero attached hydrogens (tertiary/aromatic N) is 1. The number of nitrogens with one attached hydrogen (secondary N) is 1. The first-order chi connectivity index (χ1) is 10.7. The molecular formula is C17H26N2O3. The molecule has 0 radical (unpaired) electrons. The summed E-state index contributed by atoms with van der Waals surface area (Å²) in [6.07, 6.45) is 1.25. The Hall–Kier alpha value is -1.75. The summed E-state index contributed by atoms with van der Waals surface area (Å²) in [7, 11) is 0. The first-order valence-corrected chi connectivity index (χ1v) is 8.07. The van der Waals surface area contributed by atoms with Gasteiger partial charge in [-0.1, -0.05) is 12.1 Å². The maximum Gasteiger partial charge on any atom is 0.223 e. The van der Waals surface area contributed by atoms with Gasteiger partial charge >= 0.3 is 0 Å². The van der Waals surface area contributed by atoms with Gasteiger partial charge in [0, 0.05) is 32.1 Å². The van der Waals surface area contributed by atoms with Gasteiger partial charge in [0.2, 0.25) is 5.91 Å². The number of benzene rings is 1. The molecule has 1 N–H and O–H groups in total. The van der Waals surface area contributed by atoms with E-state index in [1.54, 1.807) is 0 Å². The van der Waals surface area contributed by atoms with Gasteiger partial charge in [-0.25, -0.2) is 0 Å². The smallest absolute Gasteiger partial charge is 0.223 e. The Kier molecular flexibility index (Phi) is 6.52. The second kappa shape index (κ2) is 8.63. The number of piperazine rings is 1. The molecule has 1 heterocycles. The van der Waals surface area contributed by atoms with E-state index < -0.39 is 0 Å². The number of carbonyl (C=O) groups is 1. The van der Waals surface area contributed by atoms with E-state index in [1.165, 1.54) is 0 Å². The fraction of sp³-hybridized carbons (Fsp3) is 0.588. The zero-order valence-electron chi connectivity index (χ0n) is 13.5. The van der Waals surface area contributed by atoms with Crippen LogP contribution >= 0.6 is 0 Å². The van der Waals surface area contributed by atoms with Crippen molar-refractivity contribution in [2.24, 2.45) is 0 Å². The van der Waals surface area contributed by atoms with Gasteiger partial charge in [-0.15, -0.1) is 0 Å². The van der Waals surface area contributed by atoms with Gasteiger partial charge in [0.1, 0.15) is 0 Å². The summed E-state index contributed by atoms with van der Waals surface area (Å²) in [5, 5.41) is 3.29. The lowest BCUT2D eigenvalue weighted by atomic mass is 10.2. The maximum atomic E-state index is 12.2. The molecule has 1 saturated heterocycles. The van der Waals surface area contributed by atoms with Gasteiger partial charge in [-0.2, -0.15) is 0 Å². The highest BCUT2D eigenvalue weighted by Crippen LogP contribution is 2.26. The van der Waals surface area contributed by atoms with Gasteiger partial charge in [-0.3, -0.25) is 4.79 Å². The summed E-state index contributed by atoms with van der Waals surface area (Å²) in [5.41, 5.74) is 0. The topological polar surface area (TPSA) is 50.8 Å². The Morgan fingerprint density at radius 3 is 2.73 bits per heavy atom. The van der Waals surface area contributed by atoms with E-state index in [0.717, 1.165) is 37.6 Å². The van der Waals surface area contributed by atoms with Crippen molar-refractivity contribution in [3.63, 3.8) is 0 Å². The van der Waals surface area contributed by atoms with Crippen LogP contribution in [0, 0.1) is 0 Å². The molecule has 1 aliphatic rings. The minimum atomic E-state index is 0.218. The van der Waals surface area contributed by atoms with Crippen molar-refractivity contribution in [3.8, 4) is 11.5 Å². The fourth-order valence-electron chi connectivity index (χ4n) is 2.60. The van der Waals surface area contributed by atoms with E-state index in [1.807, 2.05) is 36.1 Å². The first kappa shape index (κ1) is 16.6. The molecule has 1 aliphatic heterocycles. The SMILES string of the molecule is CCOc1ccccc1OCCCC(=O)N1CCNC[C@H]1C. The van der Waals surface area contributed by atoms with Gasteiger partial charge < -0.3 is 19.7 Å². The quantitative estimate of drug-likeness (QED) is 0.784. The van der Waals surface area contributed by atoms with Crippen LogP contribution < -0.4 is 14.8 Å². The minimum absolute atomic E-state index is 0.218. The number of ether oxygens (including phenoxy) is 2. The molecule has 0 aromatic heterocycles. The van der Waals surface area contributed by atoms with Crippen LogP contribution in [0.15, 0.2) is 24.3 Å². The maximum absolute atomic E-state index is 12.2. The van der Waals surface area contributed by atoms with Gasteiger partial charge in [0.05, 0.1) is 13.2 Å². The molecule has 2 rings (SSSR count). The Bertz CT molecular complexity index is 479. The summed E-state index contributed by atoms with van der Waals surface area (Å²) in [6, 6.07) is 7.91. The van der Waals surface area contributed by atoms with E-state index in [2.05, 4.69) is 12.2 Å². The molecule has 1 amide bonds. The molecule has 5 nitrogen and oxygen atoms in total. The number of para-hydroxylation sites is 2. The highest BCUT2D eigenvalue weighted by atomic mass is 16.5. The average Bonchev–Trinajstić information content (AvgIpc) is 2.53. The molecule has 0 saturated carbocycles. The zero-order valence-corrected chi connectivity index (χ0v) is 13.5. The van der Waals surface area contributed by atoms with Crippen molar-refractivity contribution in [3.05, 3.63) is 24.3 Å². The summed E-state index contributed by atoms with van der Waals surface area (Å²) < 4.78 is 11.3. The van der Waals surface area contributed by atoms with Crippen LogP contribution in [0.3, 0.4) is 0 Å². The van der Waals surface area contributed by atoms with Crippen LogP contribution in [-0.4, -0.2) is 49.7 Å². The first-order valence-electron chi connectivity index (χ1n) is 8.07. The lowest BCUT2D eigenvalue weighted by molar-refractivity contribution is -0.134. The third-order valence-electron chi connectivity index (χ3n) is 3.76. The number of rotatable bonds is 7. The molecule has 122 valence electrons. The standard InChI is InChI=1S/C17H26N2O3/c1-3-21-15-7-4-5-8-16(15)22-12-6-9-17(20)19-11-10-18-13-14(19)2/h4-5,7-8,14,18H,3,6,9-13H2,1-2H3/t14-/m1/s1. The summed E-state index contributed by atoms with van der Waals surface area (Å²) in [4.78, 5) is 14.2. The molecule has 1 aromatic rings. The van der Waals surface area contributed by atoms with Crippen molar-refractivity contribution in [1.82, 2.24) is 10.2 Å². The van der Waals surface area contributed by atoms with Crippen LogP contribution in [0.5, 0.6) is 11.5 Å². The third-order valence-corrected chi connectivity index (χ3v) is 3.76. The molecule has 0 bridgehead atoms. The Morgan fingerprint density at radius 1 is 1.32 bits per heavy atom. The van der Waals surface area contributed by atoms with Gasteiger partial charge in [0.25, 0.3) is 0 Å². The van der Waals surface area contributed by atoms with E-state index in [4.69, 9.17) is 9.47 Å². The van der Waals surface area contributed by atoms with Crippen LogP contribution in [0.25, 0.3) is 0 Å². The van der Waals surface area contributed by atoms with Crippen molar-refractivity contribution < 1.29 is 14.3 Å². The molecule has 1 aromatic carbocycles. The second-order valence-electron chi connectivity index (χ2n) is 5.47. The monoisotopic (exact) mass is 306 g/mol. The summed E-state index contributed by atoms with van der Waals surface area (Å²) in [5.74, 6) is 1.72. The highest BCUT2D eigenvalue weighted by molar-refractivity contribution is 5.76. The molecule has 0 unspecified atom stereocenters. The van der Waals surface area contributed by atoms with Crippen molar-refractivity contribution in [1.29, 1.82) is 0 Å². The molecule has 1 atom stereocenters. The summed E-state index contributed by atoms with van der Waals surface area (Å²) in [6.45, 7) is 7.73. The predicted molar refractivity (Wildman–Crippen MR) is 86.4 cm³/mol. The predicted octanol–water partition coefficient (Wildman–Crippen LogP) is 2.06. The van der Waals surface area contributed by atoms with Crippen molar-refractivity contribution >= 4 is 5.91 Å². The van der Waals surface area contributed by atoms with Crippen LogP contribution in [0.4, 0.5) is 0 Å². The summed E-state index contributed by atoms with van der Waals surface area (Å²) >= 11 is 0. The number of amides is 1. The van der Waals surface area contributed by atoms with E-state index in [0.29, 0.717) is 19.6 Å². The molecule has 22 heavy (non-hydrogen) atoms. The van der Waals surface area contributed by atoms with E-state index in [9.17, 15) is 4.79 Å². The van der Waals surface area contributed by atoms with Crippen LogP contribution in [0.1, 0.15) is 26.7 Å². The third kappa shape index (κ3) is 4.63. The second-order valence-corrected chi connectivity index (χ2v) is 5.47. The Balaban J connectivity index is 1.74. The van der Waals surface area contributed by atoms with E-state index >= 15 is 0 Å². The highest BCUT2D eigenvalue weighted by Gasteiger charge is 2.22. The molecule has 0 spiro atoms. The van der Waals surface area contributed by atoms with Crippen LogP contribution in [-0.2, 0) is 4.79 Å². The number of hydrogen-bond acceptors (Lipinski definition) is 4. The number of carbonyl (C=O) groups excluding carboxylic acids is 1. The Labute approximate surface area is 132 Å². The molecule has 0 aliphatic carbocycles. The largest absolute Gasteiger partial charge is 0.490 e. The Morgan fingerprint density at radius 2 is 2.05 bits per heavy atom. The lowest BCUT2D eigenvalue weighted by Gasteiger charge is -2.34. The fourth-order valence-corrected chi connectivity index (χ4v) is 2.60. The zero-order chi connectivity index (χ0) is 15.8. The lowest BCUT2D eigenvalue weighted by Crippen LogP contribution is -2.52. The van der Waals surface area contributed by atoms with E-state index in [-0.39, 0.29) is 11.9 Å².